The number of nitrogens with one attached hydrogen (secondary N) is 2. The summed E-state index contributed by atoms with van der Waals surface area (Å²) < 4.78 is 5.23. The fraction of sp³-hybridized carbons (Fsp3) is 0.348. The van der Waals surface area contributed by atoms with Gasteiger partial charge in [0.05, 0.1) is 36.2 Å². The van der Waals surface area contributed by atoms with Gasteiger partial charge in [-0.2, -0.15) is 4.98 Å². The van der Waals surface area contributed by atoms with Crippen molar-refractivity contribution >= 4 is 22.7 Å². The minimum atomic E-state index is -0.963. The van der Waals surface area contributed by atoms with Crippen LogP contribution in [0.25, 0.3) is 22.2 Å². The van der Waals surface area contributed by atoms with Crippen LogP contribution in [-0.4, -0.2) is 56.6 Å². The SMILES string of the molecule is C[C@H]1C[C@@H](Nc2nc(N3C=COCC3)[nH]c(=O)c2-c2ccc3ccccc3n2)[C@H](O)[C@@H]1O. The van der Waals surface area contributed by atoms with Crippen LogP contribution in [0.1, 0.15) is 13.3 Å². The molecule has 4 N–H and O–H groups in total. The van der Waals surface area contributed by atoms with Gasteiger partial charge in [-0.1, -0.05) is 31.2 Å². The molecule has 9 heteroatoms. The fourth-order valence-electron chi connectivity index (χ4n) is 4.31. The lowest BCUT2D eigenvalue weighted by Gasteiger charge is -2.24. The molecule has 0 saturated heterocycles. The Labute approximate surface area is 184 Å². The number of hydrogen-bond acceptors (Lipinski definition) is 8. The van der Waals surface area contributed by atoms with Crippen LogP contribution < -0.4 is 15.8 Å². The molecule has 1 saturated carbocycles. The van der Waals surface area contributed by atoms with E-state index in [0.717, 1.165) is 10.9 Å². The van der Waals surface area contributed by atoms with Crippen LogP contribution in [0.3, 0.4) is 0 Å². The van der Waals surface area contributed by atoms with Crippen LogP contribution >= 0.6 is 0 Å². The molecule has 0 bridgehead atoms. The van der Waals surface area contributed by atoms with Gasteiger partial charge in [0.15, 0.2) is 0 Å². The Bertz CT molecular complexity index is 1230. The number of H-pyrrole nitrogens is 1. The minimum absolute atomic E-state index is 0.0756. The number of pyridine rings is 1. The molecule has 1 aliphatic heterocycles. The maximum Gasteiger partial charge on any atom is 0.263 e. The van der Waals surface area contributed by atoms with E-state index in [9.17, 15) is 15.0 Å². The highest BCUT2D eigenvalue weighted by Gasteiger charge is 2.39. The Morgan fingerprint density at radius 2 is 2.00 bits per heavy atom. The van der Waals surface area contributed by atoms with E-state index in [1.165, 1.54) is 0 Å². The van der Waals surface area contributed by atoms with Gasteiger partial charge in [0.25, 0.3) is 5.56 Å². The van der Waals surface area contributed by atoms with Gasteiger partial charge in [-0.25, -0.2) is 4.98 Å². The van der Waals surface area contributed by atoms with Gasteiger partial charge in [-0.05, 0) is 24.5 Å². The molecule has 2 aromatic heterocycles. The number of para-hydroxylation sites is 1. The number of hydrogen-bond donors (Lipinski definition) is 4. The number of aliphatic hydroxyl groups excluding tert-OH is 2. The van der Waals surface area contributed by atoms with Crippen LogP contribution in [0.4, 0.5) is 11.8 Å². The Balaban J connectivity index is 1.61. The number of anilines is 2. The maximum absolute atomic E-state index is 13.3. The number of aromatic amines is 1. The normalized spacial score (nSPS) is 25.2. The van der Waals surface area contributed by atoms with Crippen molar-refractivity contribution in [2.24, 2.45) is 5.92 Å². The summed E-state index contributed by atoms with van der Waals surface area (Å²) in [4.78, 5) is 27.2. The second-order valence-corrected chi connectivity index (χ2v) is 8.30. The molecule has 1 aliphatic carbocycles. The fourth-order valence-corrected chi connectivity index (χ4v) is 4.31. The summed E-state index contributed by atoms with van der Waals surface area (Å²) in [6.45, 7) is 2.90. The highest BCUT2D eigenvalue weighted by atomic mass is 16.5. The van der Waals surface area contributed by atoms with Crippen LogP contribution in [0, 0.1) is 5.92 Å². The van der Waals surface area contributed by atoms with Crippen LogP contribution in [0.15, 0.2) is 53.7 Å². The standard InChI is InChI=1S/C23H25N5O4/c1-13-12-17(20(30)19(13)29)25-21-18(16-7-6-14-4-2-3-5-15(14)24-16)22(31)27-23(26-21)28-8-10-32-11-9-28/h2-8,10,13,17,19-20,29-30H,9,11-12H2,1H3,(H2,25,26,27,31)/t13-,17+,19+,20-/m0/s1. The molecule has 0 unspecified atom stereocenters. The molecular formula is C23H25N5O4. The summed E-state index contributed by atoms with van der Waals surface area (Å²) in [5.74, 6) is 0.604. The Morgan fingerprint density at radius 3 is 2.75 bits per heavy atom. The third kappa shape index (κ3) is 3.69. The van der Waals surface area contributed by atoms with Crippen molar-refractivity contribution in [1.29, 1.82) is 0 Å². The number of nitrogens with zero attached hydrogens (tertiary/aromatic N) is 3. The minimum Gasteiger partial charge on any atom is -0.498 e. The monoisotopic (exact) mass is 435 g/mol. The van der Waals surface area contributed by atoms with E-state index in [4.69, 9.17) is 4.74 Å². The van der Waals surface area contributed by atoms with Gasteiger partial charge in [-0.3, -0.25) is 9.78 Å². The first-order valence-corrected chi connectivity index (χ1v) is 10.7. The van der Waals surface area contributed by atoms with Crippen LogP contribution in [0.2, 0.25) is 0 Å². The van der Waals surface area contributed by atoms with Gasteiger partial charge < -0.3 is 25.2 Å². The second kappa shape index (κ2) is 8.25. The molecule has 1 aromatic carbocycles. The number of fused-ring (bicyclic) bond motifs is 1. The van der Waals surface area contributed by atoms with Crippen molar-refractivity contribution in [3.63, 3.8) is 0 Å². The van der Waals surface area contributed by atoms with Gasteiger partial charge >= 0.3 is 0 Å². The predicted octanol–water partition coefficient (Wildman–Crippen LogP) is 1.83. The molecule has 0 amide bonds. The van der Waals surface area contributed by atoms with Crippen molar-refractivity contribution in [1.82, 2.24) is 15.0 Å². The summed E-state index contributed by atoms with van der Waals surface area (Å²) in [5.41, 5.74) is 1.19. The Kier molecular flexibility index (Phi) is 5.28. The van der Waals surface area contributed by atoms with Crippen molar-refractivity contribution in [3.8, 4) is 11.3 Å². The number of aliphatic hydroxyl groups is 2. The van der Waals surface area contributed by atoms with Gasteiger partial charge in [0.2, 0.25) is 5.95 Å². The predicted molar refractivity (Wildman–Crippen MR) is 121 cm³/mol. The first kappa shape index (κ1) is 20.5. The lowest BCUT2D eigenvalue weighted by molar-refractivity contribution is 0.0210. The molecule has 5 rings (SSSR count). The Hall–Kier alpha value is -3.43. The molecule has 4 atom stereocenters. The number of aromatic nitrogens is 3. The molecule has 166 valence electrons. The summed E-state index contributed by atoms with van der Waals surface area (Å²) in [5, 5.41) is 24.9. The van der Waals surface area contributed by atoms with E-state index in [1.807, 2.05) is 37.3 Å². The molecule has 0 spiro atoms. The molecule has 0 radical (unpaired) electrons. The zero-order chi connectivity index (χ0) is 22.2. The molecule has 1 fully saturated rings. The molecule has 9 nitrogen and oxygen atoms in total. The Morgan fingerprint density at radius 1 is 1.16 bits per heavy atom. The third-order valence-corrected chi connectivity index (χ3v) is 6.11. The second-order valence-electron chi connectivity index (χ2n) is 8.30. The number of benzene rings is 1. The maximum atomic E-state index is 13.3. The highest BCUT2D eigenvalue weighted by Crippen LogP contribution is 2.31. The van der Waals surface area contributed by atoms with E-state index in [0.29, 0.717) is 37.0 Å². The van der Waals surface area contributed by atoms with Gasteiger partial charge in [0.1, 0.15) is 24.1 Å². The van der Waals surface area contributed by atoms with Crippen LogP contribution in [-0.2, 0) is 4.74 Å². The molecule has 3 aromatic rings. The van der Waals surface area contributed by atoms with E-state index >= 15 is 0 Å². The van der Waals surface area contributed by atoms with E-state index in [1.54, 1.807) is 23.4 Å². The first-order valence-electron chi connectivity index (χ1n) is 10.7. The lowest BCUT2D eigenvalue weighted by atomic mass is 10.1. The molecule has 3 heterocycles. The summed E-state index contributed by atoms with van der Waals surface area (Å²) >= 11 is 0. The number of rotatable bonds is 4. The van der Waals surface area contributed by atoms with Crippen molar-refractivity contribution < 1.29 is 14.9 Å². The van der Waals surface area contributed by atoms with E-state index in [2.05, 4.69) is 20.3 Å². The third-order valence-electron chi connectivity index (χ3n) is 6.11. The average molecular weight is 435 g/mol. The average Bonchev–Trinajstić information content (AvgIpc) is 3.05. The van der Waals surface area contributed by atoms with Crippen molar-refractivity contribution in [2.45, 2.75) is 31.6 Å². The molecule has 32 heavy (non-hydrogen) atoms. The first-order chi connectivity index (χ1) is 15.5. The van der Waals surface area contributed by atoms with Gasteiger partial charge in [0, 0.05) is 11.6 Å². The lowest BCUT2D eigenvalue weighted by Crippen LogP contribution is -2.36. The molecular weight excluding hydrogens is 410 g/mol. The van der Waals surface area contributed by atoms with Gasteiger partial charge in [-0.15, -0.1) is 0 Å². The van der Waals surface area contributed by atoms with E-state index < -0.39 is 18.2 Å². The zero-order valence-electron chi connectivity index (χ0n) is 17.6. The summed E-state index contributed by atoms with van der Waals surface area (Å²) in [6.07, 6.45) is 2.01. The summed E-state index contributed by atoms with van der Waals surface area (Å²) in [6, 6.07) is 10.9. The highest BCUT2D eigenvalue weighted by molar-refractivity contribution is 5.83. The largest absolute Gasteiger partial charge is 0.498 e. The summed E-state index contributed by atoms with van der Waals surface area (Å²) in [7, 11) is 0. The van der Waals surface area contributed by atoms with Crippen molar-refractivity contribution in [2.75, 3.05) is 23.4 Å². The topological polar surface area (TPSA) is 124 Å². The van der Waals surface area contributed by atoms with Crippen LogP contribution in [0.5, 0.6) is 0 Å². The van der Waals surface area contributed by atoms with Crippen molar-refractivity contribution in [3.05, 3.63) is 59.2 Å². The zero-order valence-corrected chi connectivity index (χ0v) is 17.6. The number of ether oxygens (including phenoxy) is 1. The quantitative estimate of drug-likeness (QED) is 0.490. The van der Waals surface area contributed by atoms with E-state index in [-0.39, 0.29) is 17.0 Å². The smallest absolute Gasteiger partial charge is 0.263 e. The molecule has 2 aliphatic rings.